The molecule has 0 aromatic heterocycles. The highest BCUT2D eigenvalue weighted by Gasteiger charge is 2.25. The van der Waals surface area contributed by atoms with Crippen LogP contribution in [0, 0.1) is 11.8 Å². The minimum atomic E-state index is -0.645. The van der Waals surface area contributed by atoms with E-state index in [1.165, 1.54) is 7.11 Å². The van der Waals surface area contributed by atoms with E-state index in [-0.39, 0.29) is 30.1 Å². The van der Waals surface area contributed by atoms with Gasteiger partial charge in [-0.15, -0.1) is 0 Å². The number of carbonyl (C=O) groups excluding carboxylic acids is 3. The zero-order valence-electron chi connectivity index (χ0n) is 13.1. The molecule has 0 bridgehead atoms. The van der Waals surface area contributed by atoms with Crippen LogP contribution in [0.5, 0.6) is 0 Å². The molecular weight excluding hydrogens is 272 g/mol. The summed E-state index contributed by atoms with van der Waals surface area (Å²) >= 11 is 0. The van der Waals surface area contributed by atoms with Gasteiger partial charge in [0.25, 0.3) is 0 Å². The Hall–Kier alpha value is -1.59. The number of amides is 2. The summed E-state index contributed by atoms with van der Waals surface area (Å²) in [5.74, 6) is -0.617. The maximum atomic E-state index is 11.8. The first-order valence-electron chi connectivity index (χ1n) is 7.60. The number of esters is 1. The molecule has 120 valence electrons. The van der Waals surface area contributed by atoms with Gasteiger partial charge in [0.05, 0.1) is 7.11 Å². The molecule has 1 aliphatic carbocycles. The number of carbonyl (C=O) groups is 3. The van der Waals surface area contributed by atoms with E-state index in [9.17, 15) is 14.4 Å². The van der Waals surface area contributed by atoms with Crippen molar-refractivity contribution in [2.75, 3.05) is 13.7 Å². The molecule has 1 unspecified atom stereocenters. The molecule has 0 aromatic rings. The molecule has 21 heavy (non-hydrogen) atoms. The summed E-state index contributed by atoms with van der Waals surface area (Å²) in [7, 11) is 1.30. The van der Waals surface area contributed by atoms with Crippen LogP contribution >= 0.6 is 0 Å². The van der Waals surface area contributed by atoms with E-state index in [1.807, 2.05) is 13.8 Å². The highest BCUT2D eigenvalue weighted by Crippen LogP contribution is 2.24. The van der Waals surface area contributed by atoms with Gasteiger partial charge in [-0.3, -0.25) is 9.59 Å². The molecule has 0 saturated heterocycles. The Morgan fingerprint density at radius 2 is 1.81 bits per heavy atom. The van der Waals surface area contributed by atoms with E-state index in [1.54, 1.807) is 0 Å². The Labute approximate surface area is 126 Å². The van der Waals surface area contributed by atoms with Gasteiger partial charge < -0.3 is 15.4 Å². The van der Waals surface area contributed by atoms with Crippen molar-refractivity contribution < 1.29 is 19.1 Å². The smallest absolute Gasteiger partial charge is 0.328 e. The maximum absolute atomic E-state index is 11.8. The van der Waals surface area contributed by atoms with Gasteiger partial charge in [-0.1, -0.05) is 26.7 Å². The second-order valence-corrected chi connectivity index (χ2v) is 5.83. The fourth-order valence-electron chi connectivity index (χ4n) is 2.50. The molecule has 0 aliphatic heterocycles. The largest absolute Gasteiger partial charge is 0.467 e. The van der Waals surface area contributed by atoms with Crippen LogP contribution in [0.4, 0.5) is 0 Å². The molecule has 0 spiro atoms. The predicted molar refractivity (Wildman–Crippen MR) is 78.4 cm³/mol. The van der Waals surface area contributed by atoms with Crippen LogP contribution in [-0.2, 0) is 19.1 Å². The average Bonchev–Trinajstić information content (AvgIpc) is 2.97. The standard InChI is InChI=1S/C15H26N2O4/c1-10(2)13(15(20)21-3)17-12(18)8-9-16-14(19)11-6-4-5-7-11/h10-11,13H,4-9H2,1-3H3,(H,16,19)(H,17,18). The van der Waals surface area contributed by atoms with E-state index >= 15 is 0 Å². The molecule has 2 amide bonds. The van der Waals surface area contributed by atoms with Gasteiger partial charge in [0.2, 0.25) is 11.8 Å². The van der Waals surface area contributed by atoms with Gasteiger partial charge in [0, 0.05) is 18.9 Å². The summed E-state index contributed by atoms with van der Waals surface area (Å²) in [6.07, 6.45) is 4.26. The Morgan fingerprint density at radius 1 is 1.19 bits per heavy atom. The van der Waals surface area contributed by atoms with E-state index in [0.717, 1.165) is 25.7 Å². The van der Waals surface area contributed by atoms with Crippen LogP contribution in [-0.4, -0.2) is 37.5 Å². The Kier molecular flexibility index (Phi) is 7.19. The summed E-state index contributed by atoms with van der Waals surface area (Å²) < 4.78 is 4.66. The van der Waals surface area contributed by atoms with Crippen molar-refractivity contribution in [2.24, 2.45) is 11.8 Å². The quantitative estimate of drug-likeness (QED) is 0.687. The minimum absolute atomic E-state index is 0.0358. The zero-order valence-corrected chi connectivity index (χ0v) is 13.1. The molecule has 2 N–H and O–H groups in total. The molecular formula is C15H26N2O4. The lowest BCUT2D eigenvalue weighted by Gasteiger charge is -2.20. The number of rotatable bonds is 7. The van der Waals surface area contributed by atoms with Crippen molar-refractivity contribution in [2.45, 2.75) is 52.0 Å². The summed E-state index contributed by atoms with van der Waals surface area (Å²) in [5, 5.41) is 5.43. The minimum Gasteiger partial charge on any atom is -0.467 e. The Bertz CT molecular complexity index is 376. The molecule has 0 heterocycles. The number of hydrogen-bond donors (Lipinski definition) is 2. The Balaban J connectivity index is 2.29. The van der Waals surface area contributed by atoms with Gasteiger partial charge >= 0.3 is 5.97 Å². The van der Waals surface area contributed by atoms with Crippen molar-refractivity contribution in [3.05, 3.63) is 0 Å². The fraction of sp³-hybridized carbons (Fsp3) is 0.800. The lowest BCUT2D eigenvalue weighted by molar-refractivity contribution is -0.146. The third-order valence-corrected chi connectivity index (χ3v) is 3.82. The lowest BCUT2D eigenvalue weighted by Crippen LogP contribution is -2.45. The second kappa shape index (κ2) is 8.64. The van der Waals surface area contributed by atoms with Gasteiger partial charge in [-0.2, -0.15) is 0 Å². The molecule has 6 heteroatoms. The van der Waals surface area contributed by atoms with Gasteiger partial charge in [-0.05, 0) is 18.8 Å². The summed E-state index contributed by atoms with van der Waals surface area (Å²) in [6.45, 7) is 3.97. The Morgan fingerprint density at radius 3 is 2.33 bits per heavy atom. The van der Waals surface area contributed by atoms with Crippen molar-refractivity contribution in [3.8, 4) is 0 Å². The summed E-state index contributed by atoms with van der Waals surface area (Å²) in [6, 6.07) is -0.645. The van der Waals surface area contributed by atoms with E-state index in [2.05, 4.69) is 15.4 Å². The van der Waals surface area contributed by atoms with E-state index < -0.39 is 12.0 Å². The molecule has 1 saturated carbocycles. The average molecular weight is 298 g/mol. The van der Waals surface area contributed by atoms with Crippen molar-refractivity contribution in [3.63, 3.8) is 0 Å². The van der Waals surface area contributed by atoms with E-state index in [4.69, 9.17) is 0 Å². The van der Waals surface area contributed by atoms with Crippen LogP contribution in [0.15, 0.2) is 0 Å². The zero-order chi connectivity index (χ0) is 15.8. The molecule has 0 aromatic carbocycles. The van der Waals surface area contributed by atoms with Crippen LogP contribution in [0.25, 0.3) is 0 Å². The first-order valence-corrected chi connectivity index (χ1v) is 7.60. The van der Waals surface area contributed by atoms with Gasteiger partial charge in [-0.25, -0.2) is 4.79 Å². The molecule has 1 fully saturated rings. The number of ether oxygens (including phenoxy) is 1. The monoisotopic (exact) mass is 298 g/mol. The molecule has 0 radical (unpaired) electrons. The number of methoxy groups -OCH3 is 1. The summed E-state index contributed by atoms with van der Waals surface area (Å²) in [5.41, 5.74) is 0. The molecule has 1 aliphatic rings. The molecule has 1 atom stereocenters. The van der Waals surface area contributed by atoms with Crippen molar-refractivity contribution in [1.82, 2.24) is 10.6 Å². The topological polar surface area (TPSA) is 84.5 Å². The molecule has 6 nitrogen and oxygen atoms in total. The summed E-state index contributed by atoms with van der Waals surface area (Å²) in [4.78, 5) is 35.1. The van der Waals surface area contributed by atoms with Crippen LogP contribution < -0.4 is 10.6 Å². The highest BCUT2D eigenvalue weighted by molar-refractivity contribution is 5.85. The van der Waals surface area contributed by atoms with Crippen molar-refractivity contribution >= 4 is 17.8 Å². The van der Waals surface area contributed by atoms with E-state index in [0.29, 0.717) is 6.54 Å². The normalized spacial score (nSPS) is 16.6. The predicted octanol–water partition coefficient (Wildman–Crippen LogP) is 0.997. The lowest BCUT2D eigenvalue weighted by atomic mass is 10.0. The first kappa shape index (κ1) is 17.5. The number of nitrogens with one attached hydrogen (secondary N) is 2. The SMILES string of the molecule is COC(=O)C(NC(=O)CCNC(=O)C1CCCC1)C(C)C. The van der Waals surface area contributed by atoms with Crippen molar-refractivity contribution in [1.29, 1.82) is 0 Å². The third kappa shape index (κ3) is 5.73. The van der Waals surface area contributed by atoms with Gasteiger partial charge in [0.15, 0.2) is 0 Å². The number of hydrogen-bond acceptors (Lipinski definition) is 4. The fourth-order valence-corrected chi connectivity index (χ4v) is 2.50. The second-order valence-electron chi connectivity index (χ2n) is 5.83. The third-order valence-electron chi connectivity index (χ3n) is 3.82. The molecule has 1 rings (SSSR count). The first-order chi connectivity index (χ1) is 9.95. The maximum Gasteiger partial charge on any atom is 0.328 e. The highest BCUT2D eigenvalue weighted by atomic mass is 16.5. The van der Waals surface area contributed by atoms with Crippen LogP contribution in [0.1, 0.15) is 46.0 Å². The van der Waals surface area contributed by atoms with Crippen LogP contribution in [0.3, 0.4) is 0 Å². The van der Waals surface area contributed by atoms with Gasteiger partial charge in [0.1, 0.15) is 6.04 Å². The van der Waals surface area contributed by atoms with Crippen LogP contribution in [0.2, 0.25) is 0 Å².